The lowest BCUT2D eigenvalue weighted by Gasteiger charge is -2.19. The Bertz CT molecular complexity index is 981. The van der Waals surface area contributed by atoms with Crippen LogP contribution in [0, 0.1) is 0 Å². The van der Waals surface area contributed by atoms with Crippen molar-refractivity contribution in [3.05, 3.63) is 56.9 Å². The zero-order chi connectivity index (χ0) is 20.2. The van der Waals surface area contributed by atoms with Crippen molar-refractivity contribution in [3.63, 3.8) is 0 Å². The Labute approximate surface area is 167 Å². The average Bonchev–Trinajstić information content (AvgIpc) is 2.56. The molecule has 146 valence electrons. The monoisotopic (exact) mass is 431 g/mol. The molecular weight excluding hydrogens is 413 g/mol. The molecule has 0 saturated heterocycles. The minimum Gasteiger partial charge on any atom is -0.324 e. The minimum atomic E-state index is -3.74. The molecule has 27 heavy (non-hydrogen) atoms. The van der Waals surface area contributed by atoms with Crippen LogP contribution in [0.3, 0.4) is 0 Å². The van der Waals surface area contributed by atoms with E-state index >= 15 is 0 Å². The van der Waals surface area contributed by atoms with Crippen LogP contribution in [-0.2, 0) is 21.4 Å². The van der Waals surface area contributed by atoms with Crippen LogP contribution in [0.15, 0.2) is 46.2 Å². The second-order valence-corrected chi connectivity index (χ2v) is 8.44. The summed E-state index contributed by atoms with van der Waals surface area (Å²) in [4.78, 5) is 24.2. The van der Waals surface area contributed by atoms with Gasteiger partial charge in [0, 0.05) is 41.1 Å². The summed E-state index contributed by atoms with van der Waals surface area (Å²) >= 11 is 11.8. The highest BCUT2D eigenvalue weighted by atomic mass is 35.5. The van der Waals surface area contributed by atoms with Gasteiger partial charge in [0.15, 0.2) is 0 Å². The Hall–Kier alpha value is -1.87. The van der Waals surface area contributed by atoms with Crippen molar-refractivity contribution in [1.82, 2.24) is 8.87 Å². The van der Waals surface area contributed by atoms with Crippen molar-refractivity contribution < 1.29 is 13.2 Å². The van der Waals surface area contributed by atoms with E-state index in [0.29, 0.717) is 28.8 Å². The summed E-state index contributed by atoms with van der Waals surface area (Å²) in [5, 5.41) is 3.27. The standard InChI is InChI=1S/C17H19Cl2N3O4S/c1-3-22(4-2)27(25,26)15-5-6-17(24)21(10-15)11-16(23)20-14-8-12(18)7-13(19)9-14/h5-10H,3-4,11H2,1-2H3,(H,20,23). The third kappa shape index (κ3) is 5.32. The maximum absolute atomic E-state index is 12.6. The summed E-state index contributed by atoms with van der Waals surface area (Å²) in [6.07, 6.45) is 1.17. The predicted molar refractivity (Wildman–Crippen MR) is 106 cm³/mol. The molecule has 0 fully saturated rings. The zero-order valence-corrected chi connectivity index (χ0v) is 17.1. The van der Waals surface area contributed by atoms with Crippen LogP contribution >= 0.6 is 23.2 Å². The number of amides is 1. The summed E-state index contributed by atoms with van der Waals surface area (Å²) in [5.74, 6) is -0.521. The van der Waals surface area contributed by atoms with E-state index in [-0.39, 0.29) is 11.4 Å². The van der Waals surface area contributed by atoms with Crippen LogP contribution < -0.4 is 10.9 Å². The molecule has 1 aromatic heterocycles. The van der Waals surface area contributed by atoms with Gasteiger partial charge >= 0.3 is 0 Å². The quantitative estimate of drug-likeness (QED) is 0.729. The number of carbonyl (C=O) groups excluding carboxylic acids is 1. The molecule has 0 saturated carbocycles. The van der Waals surface area contributed by atoms with Gasteiger partial charge in [-0.15, -0.1) is 0 Å². The van der Waals surface area contributed by atoms with Crippen LogP contribution in [-0.4, -0.2) is 36.3 Å². The van der Waals surface area contributed by atoms with Crippen molar-refractivity contribution in [2.45, 2.75) is 25.3 Å². The lowest BCUT2D eigenvalue weighted by Crippen LogP contribution is -2.33. The van der Waals surface area contributed by atoms with Gasteiger partial charge in [-0.2, -0.15) is 4.31 Å². The van der Waals surface area contributed by atoms with Gasteiger partial charge in [0.25, 0.3) is 5.56 Å². The highest BCUT2D eigenvalue weighted by Crippen LogP contribution is 2.22. The molecule has 0 unspecified atom stereocenters. The number of halogens is 2. The molecule has 1 amide bonds. The molecule has 7 nitrogen and oxygen atoms in total. The molecule has 1 N–H and O–H groups in total. The molecule has 1 aromatic carbocycles. The van der Waals surface area contributed by atoms with E-state index in [2.05, 4.69) is 5.32 Å². The summed E-state index contributed by atoms with van der Waals surface area (Å²) in [6.45, 7) is 3.69. The SMILES string of the molecule is CCN(CC)S(=O)(=O)c1ccc(=O)n(CC(=O)Nc2cc(Cl)cc(Cl)c2)c1. The highest BCUT2D eigenvalue weighted by Gasteiger charge is 2.22. The number of rotatable bonds is 7. The van der Waals surface area contributed by atoms with Gasteiger partial charge in [-0.3, -0.25) is 9.59 Å². The van der Waals surface area contributed by atoms with Crippen LogP contribution in [0.4, 0.5) is 5.69 Å². The van der Waals surface area contributed by atoms with E-state index in [0.717, 1.165) is 10.6 Å². The zero-order valence-electron chi connectivity index (χ0n) is 14.8. The number of hydrogen-bond acceptors (Lipinski definition) is 4. The Morgan fingerprint density at radius 3 is 2.26 bits per heavy atom. The number of nitrogens with one attached hydrogen (secondary N) is 1. The molecule has 0 spiro atoms. The van der Waals surface area contributed by atoms with Crippen LogP contribution in [0.2, 0.25) is 10.0 Å². The van der Waals surface area contributed by atoms with Gasteiger partial charge < -0.3 is 9.88 Å². The van der Waals surface area contributed by atoms with E-state index in [9.17, 15) is 18.0 Å². The summed E-state index contributed by atoms with van der Waals surface area (Å²) in [7, 11) is -3.74. The van der Waals surface area contributed by atoms with Gasteiger partial charge in [-0.1, -0.05) is 37.0 Å². The Morgan fingerprint density at radius 1 is 1.11 bits per heavy atom. The fraction of sp³-hybridized carbons (Fsp3) is 0.294. The normalized spacial score (nSPS) is 11.6. The average molecular weight is 432 g/mol. The number of carbonyl (C=O) groups is 1. The largest absolute Gasteiger partial charge is 0.324 e. The molecule has 2 aromatic rings. The van der Waals surface area contributed by atoms with Crippen molar-refractivity contribution in [2.24, 2.45) is 0 Å². The van der Waals surface area contributed by atoms with Gasteiger partial charge in [0.05, 0.1) is 4.90 Å². The van der Waals surface area contributed by atoms with Gasteiger partial charge in [-0.25, -0.2) is 8.42 Å². The van der Waals surface area contributed by atoms with E-state index < -0.39 is 21.5 Å². The van der Waals surface area contributed by atoms with Crippen molar-refractivity contribution >= 4 is 44.8 Å². The number of nitrogens with zero attached hydrogens (tertiary/aromatic N) is 2. The van der Waals surface area contributed by atoms with Gasteiger partial charge in [-0.05, 0) is 24.3 Å². The fourth-order valence-electron chi connectivity index (χ4n) is 2.48. The Kier molecular flexibility index (Phi) is 7.05. The number of anilines is 1. The smallest absolute Gasteiger partial charge is 0.251 e. The molecule has 0 aliphatic carbocycles. The molecule has 2 rings (SSSR count). The molecular formula is C17H19Cl2N3O4S. The van der Waals surface area contributed by atoms with Gasteiger partial charge in [0.2, 0.25) is 15.9 Å². The number of benzene rings is 1. The number of hydrogen-bond donors (Lipinski definition) is 1. The van der Waals surface area contributed by atoms with Crippen molar-refractivity contribution in [3.8, 4) is 0 Å². The Balaban J connectivity index is 2.26. The molecule has 0 bridgehead atoms. The third-order valence-corrected chi connectivity index (χ3v) is 6.23. The minimum absolute atomic E-state index is 0.0515. The number of aromatic nitrogens is 1. The first-order valence-electron chi connectivity index (χ1n) is 8.14. The molecule has 10 heteroatoms. The molecule has 0 aliphatic heterocycles. The second-order valence-electron chi connectivity index (χ2n) is 5.63. The van der Waals surface area contributed by atoms with Gasteiger partial charge in [0.1, 0.15) is 6.54 Å². The lowest BCUT2D eigenvalue weighted by atomic mass is 10.3. The van der Waals surface area contributed by atoms with E-state index in [1.807, 2.05) is 0 Å². The van der Waals surface area contributed by atoms with Crippen LogP contribution in [0.25, 0.3) is 0 Å². The second kappa shape index (κ2) is 8.88. The van der Waals surface area contributed by atoms with Crippen molar-refractivity contribution in [2.75, 3.05) is 18.4 Å². The third-order valence-electron chi connectivity index (χ3n) is 3.76. The van der Waals surface area contributed by atoms with E-state index in [4.69, 9.17) is 23.2 Å². The summed E-state index contributed by atoms with van der Waals surface area (Å²) in [5.41, 5.74) is -0.120. The van der Waals surface area contributed by atoms with Crippen LogP contribution in [0.1, 0.15) is 13.8 Å². The molecule has 0 aliphatic rings. The van der Waals surface area contributed by atoms with Crippen molar-refractivity contribution in [1.29, 1.82) is 0 Å². The predicted octanol–water partition coefficient (Wildman–Crippen LogP) is 2.82. The number of pyridine rings is 1. The maximum atomic E-state index is 12.6. The highest BCUT2D eigenvalue weighted by molar-refractivity contribution is 7.89. The first-order chi connectivity index (χ1) is 12.7. The number of sulfonamides is 1. The van der Waals surface area contributed by atoms with E-state index in [1.165, 1.54) is 34.8 Å². The first-order valence-corrected chi connectivity index (χ1v) is 10.3. The first kappa shape index (κ1) is 21.4. The van der Waals surface area contributed by atoms with E-state index in [1.54, 1.807) is 13.8 Å². The van der Waals surface area contributed by atoms with Crippen LogP contribution in [0.5, 0.6) is 0 Å². The Morgan fingerprint density at radius 2 is 1.70 bits per heavy atom. The molecule has 0 atom stereocenters. The lowest BCUT2D eigenvalue weighted by molar-refractivity contribution is -0.116. The molecule has 0 radical (unpaired) electrons. The molecule has 1 heterocycles. The summed E-state index contributed by atoms with van der Waals surface area (Å²) in [6, 6.07) is 6.90. The fourth-order valence-corrected chi connectivity index (χ4v) is 4.48. The topological polar surface area (TPSA) is 88.5 Å². The maximum Gasteiger partial charge on any atom is 0.251 e. The summed E-state index contributed by atoms with van der Waals surface area (Å²) < 4.78 is 27.5.